The highest BCUT2D eigenvalue weighted by atomic mass is 16.6. The smallest absolute Gasteiger partial charge is 0.407 e. The molecule has 0 unspecified atom stereocenters. The van der Waals surface area contributed by atoms with Crippen LogP contribution in [0.1, 0.15) is 52.0 Å². The van der Waals surface area contributed by atoms with Crippen LogP contribution < -0.4 is 21.7 Å². The van der Waals surface area contributed by atoms with Gasteiger partial charge in [0.15, 0.2) is 5.82 Å². The van der Waals surface area contributed by atoms with Crippen LogP contribution in [-0.2, 0) is 20.7 Å². The SMILES string of the molecule is CC(C)(C)OC(=O)NC[C@H]1CC[C@H](C(=O)N(c2ccc(-c3nn[nH]n3)cc2)[C@@H](Cc2ccc(-c3cccc4[nH]nc(N)c34)cc2)C(N)=O)CC1. The Labute approximate surface area is 289 Å². The lowest BCUT2D eigenvalue weighted by atomic mass is 9.81. The molecule has 1 aliphatic carbocycles. The summed E-state index contributed by atoms with van der Waals surface area (Å²) in [6.45, 7) is 5.94. The Bertz CT molecular complexity index is 1940. The van der Waals surface area contributed by atoms with Gasteiger partial charge in [0.05, 0.1) is 10.9 Å². The number of aromatic nitrogens is 6. The number of alkyl carbamates (subject to hydrolysis) is 1. The first-order chi connectivity index (χ1) is 24.0. The van der Waals surface area contributed by atoms with Gasteiger partial charge in [0.2, 0.25) is 17.6 Å². The molecule has 0 spiro atoms. The Kier molecular flexibility index (Phi) is 9.79. The first kappa shape index (κ1) is 34.1. The molecule has 3 aromatic carbocycles. The fourth-order valence-electron chi connectivity index (χ4n) is 6.57. The Morgan fingerprint density at radius 3 is 2.30 bits per heavy atom. The van der Waals surface area contributed by atoms with Gasteiger partial charge in [0, 0.05) is 30.1 Å². The average molecular weight is 679 g/mol. The number of carbonyl (C=O) groups is 3. The Balaban J connectivity index is 1.22. The topological polar surface area (TPSA) is 211 Å². The molecule has 14 heteroatoms. The summed E-state index contributed by atoms with van der Waals surface area (Å²) in [6, 6.07) is 19.8. The van der Waals surface area contributed by atoms with Crippen molar-refractivity contribution in [3.63, 3.8) is 0 Å². The zero-order valence-electron chi connectivity index (χ0n) is 28.3. The minimum absolute atomic E-state index is 0.168. The number of ether oxygens (including phenoxy) is 1. The maximum atomic E-state index is 14.4. The highest BCUT2D eigenvalue weighted by molar-refractivity contribution is 6.02. The van der Waals surface area contributed by atoms with Crippen molar-refractivity contribution in [2.75, 3.05) is 17.2 Å². The Hall–Kier alpha value is -5.79. The minimum Gasteiger partial charge on any atom is -0.444 e. The fraction of sp³-hybridized carbons (Fsp3) is 0.361. The monoisotopic (exact) mass is 678 g/mol. The number of amides is 3. The third kappa shape index (κ3) is 7.74. The molecule has 1 fully saturated rings. The molecule has 1 aliphatic rings. The van der Waals surface area contributed by atoms with Crippen LogP contribution in [0.2, 0.25) is 0 Å². The van der Waals surface area contributed by atoms with E-state index in [1.807, 2.05) is 63.2 Å². The molecule has 0 aliphatic heterocycles. The summed E-state index contributed by atoms with van der Waals surface area (Å²) in [7, 11) is 0. The maximum Gasteiger partial charge on any atom is 0.407 e. The van der Waals surface area contributed by atoms with Gasteiger partial charge in [-0.1, -0.05) is 36.4 Å². The van der Waals surface area contributed by atoms with Crippen molar-refractivity contribution < 1.29 is 19.1 Å². The number of nitrogens with zero attached hydrogens (tertiary/aromatic N) is 5. The summed E-state index contributed by atoms with van der Waals surface area (Å²) >= 11 is 0. The number of hydrogen-bond donors (Lipinski definition) is 5. The third-order valence-electron chi connectivity index (χ3n) is 9.07. The molecule has 1 atom stereocenters. The van der Waals surface area contributed by atoms with Gasteiger partial charge >= 0.3 is 6.09 Å². The number of hydrogen-bond acceptors (Lipinski definition) is 9. The second kappa shape index (κ2) is 14.4. The summed E-state index contributed by atoms with van der Waals surface area (Å²) in [6.07, 6.45) is 2.47. The van der Waals surface area contributed by atoms with Crippen LogP contribution >= 0.6 is 0 Å². The molecule has 2 heterocycles. The van der Waals surface area contributed by atoms with E-state index in [2.05, 4.69) is 36.1 Å². The lowest BCUT2D eigenvalue weighted by Crippen LogP contribution is -2.52. The number of rotatable bonds is 10. The van der Waals surface area contributed by atoms with E-state index in [9.17, 15) is 14.4 Å². The van der Waals surface area contributed by atoms with Gasteiger partial charge < -0.3 is 21.5 Å². The maximum absolute atomic E-state index is 14.4. The van der Waals surface area contributed by atoms with Crippen molar-refractivity contribution in [3.05, 3.63) is 72.3 Å². The van der Waals surface area contributed by atoms with Crippen molar-refractivity contribution >= 4 is 40.3 Å². The number of tetrazole rings is 1. The number of benzene rings is 3. The lowest BCUT2D eigenvalue weighted by Gasteiger charge is -2.36. The Morgan fingerprint density at radius 1 is 0.960 bits per heavy atom. The van der Waals surface area contributed by atoms with Gasteiger partial charge in [-0.2, -0.15) is 10.3 Å². The number of H-pyrrole nitrogens is 2. The Morgan fingerprint density at radius 2 is 1.66 bits per heavy atom. The molecular weight excluding hydrogens is 636 g/mol. The summed E-state index contributed by atoms with van der Waals surface area (Å²) in [5, 5.41) is 24.9. The summed E-state index contributed by atoms with van der Waals surface area (Å²) in [4.78, 5) is 41.4. The van der Waals surface area contributed by atoms with Crippen molar-refractivity contribution in [1.82, 2.24) is 36.1 Å². The van der Waals surface area contributed by atoms with Gasteiger partial charge in [0.25, 0.3) is 0 Å². The molecule has 0 saturated heterocycles. The number of fused-ring (bicyclic) bond motifs is 1. The van der Waals surface area contributed by atoms with Crippen LogP contribution in [0.4, 0.5) is 16.3 Å². The van der Waals surface area contributed by atoms with E-state index in [1.54, 1.807) is 29.2 Å². The van der Waals surface area contributed by atoms with E-state index in [0.717, 1.165) is 40.4 Å². The average Bonchev–Trinajstić information content (AvgIpc) is 3.78. The van der Waals surface area contributed by atoms with Gasteiger partial charge in [-0.15, -0.1) is 10.2 Å². The number of aromatic amines is 2. The molecule has 7 N–H and O–H groups in total. The molecular formula is C36H42N10O4. The van der Waals surface area contributed by atoms with Gasteiger partial charge in [0.1, 0.15) is 11.6 Å². The second-order valence-electron chi connectivity index (χ2n) is 13.7. The molecule has 1 saturated carbocycles. The molecule has 0 radical (unpaired) electrons. The normalized spacial score (nSPS) is 16.9. The highest BCUT2D eigenvalue weighted by Crippen LogP contribution is 2.34. The number of anilines is 2. The van der Waals surface area contributed by atoms with Crippen LogP contribution in [0, 0.1) is 11.8 Å². The largest absolute Gasteiger partial charge is 0.444 e. The van der Waals surface area contributed by atoms with E-state index in [-0.39, 0.29) is 24.2 Å². The number of nitrogens with two attached hydrogens (primary N) is 2. The molecule has 50 heavy (non-hydrogen) atoms. The molecule has 5 aromatic rings. The summed E-state index contributed by atoms with van der Waals surface area (Å²) < 4.78 is 5.37. The van der Waals surface area contributed by atoms with Crippen LogP contribution in [0.5, 0.6) is 0 Å². The first-order valence-corrected chi connectivity index (χ1v) is 16.7. The zero-order chi connectivity index (χ0) is 35.4. The number of nitrogen functional groups attached to an aromatic ring is 1. The molecule has 3 amide bonds. The summed E-state index contributed by atoms with van der Waals surface area (Å²) in [5.74, 6) is -0.0690. The lowest BCUT2D eigenvalue weighted by molar-refractivity contribution is -0.127. The van der Waals surface area contributed by atoms with E-state index < -0.39 is 23.6 Å². The van der Waals surface area contributed by atoms with Crippen molar-refractivity contribution in [2.45, 2.75) is 64.5 Å². The van der Waals surface area contributed by atoms with Crippen molar-refractivity contribution in [3.8, 4) is 22.5 Å². The fourth-order valence-corrected chi connectivity index (χ4v) is 6.57. The molecule has 14 nitrogen and oxygen atoms in total. The quantitative estimate of drug-likeness (QED) is 0.138. The number of carbonyl (C=O) groups excluding carboxylic acids is 3. The van der Waals surface area contributed by atoms with Gasteiger partial charge in [-0.25, -0.2) is 4.79 Å². The third-order valence-corrected chi connectivity index (χ3v) is 9.07. The molecule has 6 rings (SSSR count). The predicted molar refractivity (Wildman–Crippen MR) is 189 cm³/mol. The number of nitrogens with one attached hydrogen (secondary N) is 3. The van der Waals surface area contributed by atoms with Crippen LogP contribution in [0.15, 0.2) is 66.7 Å². The highest BCUT2D eigenvalue weighted by Gasteiger charge is 2.36. The standard InChI is InChI=1S/C36H42N10O4/c1-36(2,3)50-35(49)39-20-22-9-13-25(14-10-22)34(48)46(26-17-15-24(16-18-26)33-42-44-45-43-33)29(32(38)47)19-21-7-11-23(12-8-21)27-5-4-6-28-30(27)31(37)41-40-28/h4-8,11-12,15-18,22,25,29H,9-10,13-14,19-20H2,1-3H3,(H2,38,47)(H,39,49)(H3,37,40,41)(H,42,43,44,45)/t22-,25-,29-/m0/s1. The molecule has 0 bridgehead atoms. The minimum atomic E-state index is -0.955. The van der Waals surface area contributed by atoms with E-state index >= 15 is 0 Å². The summed E-state index contributed by atoms with van der Waals surface area (Å²) in [5.41, 5.74) is 16.4. The second-order valence-corrected chi connectivity index (χ2v) is 13.7. The van der Waals surface area contributed by atoms with Crippen molar-refractivity contribution in [1.29, 1.82) is 0 Å². The molecule has 2 aromatic heterocycles. The predicted octanol–water partition coefficient (Wildman–Crippen LogP) is 4.75. The zero-order valence-corrected chi connectivity index (χ0v) is 28.3. The number of primary amides is 1. The van der Waals surface area contributed by atoms with E-state index in [4.69, 9.17) is 16.2 Å². The first-order valence-electron chi connectivity index (χ1n) is 16.7. The van der Waals surface area contributed by atoms with Crippen molar-refractivity contribution in [2.24, 2.45) is 17.6 Å². The van der Waals surface area contributed by atoms with Crippen LogP contribution in [0.3, 0.4) is 0 Å². The van der Waals surface area contributed by atoms with E-state index in [0.29, 0.717) is 42.3 Å². The van der Waals surface area contributed by atoms with Gasteiger partial charge in [-0.3, -0.25) is 19.6 Å². The van der Waals surface area contributed by atoms with E-state index in [1.165, 1.54) is 0 Å². The van der Waals surface area contributed by atoms with Crippen LogP contribution in [-0.4, -0.2) is 66.9 Å². The van der Waals surface area contributed by atoms with Crippen LogP contribution in [0.25, 0.3) is 33.4 Å². The van der Waals surface area contributed by atoms with Gasteiger partial charge in [-0.05, 0) is 105 Å². The molecule has 260 valence electrons.